The van der Waals surface area contributed by atoms with Crippen LogP contribution in [0.3, 0.4) is 0 Å². The molecule has 4 rings (SSSR count). The number of aromatic nitrogens is 3. The van der Waals surface area contributed by atoms with Crippen LogP contribution in [0.15, 0.2) is 17.8 Å². The van der Waals surface area contributed by atoms with E-state index in [4.69, 9.17) is 0 Å². The minimum absolute atomic E-state index is 0.0660. The number of amides is 1. The monoisotopic (exact) mass is 288 g/mol. The second-order valence-corrected chi connectivity index (χ2v) is 6.77. The molecule has 2 aromatic rings. The highest BCUT2D eigenvalue weighted by atomic mass is 32.1. The van der Waals surface area contributed by atoms with Crippen molar-refractivity contribution in [2.75, 3.05) is 13.1 Å². The van der Waals surface area contributed by atoms with E-state index in [1.807, 2.05) is 29.6 Å². The molecule has 2 aliphatic heterocycles. The van der Waals surface area contributed by atoms with Gasteiger partial charge in [0.1, 0.15) is 11.5 Å². The maximum atomic E-state index is 12.5. The molecule has 20 heavy (non-hydrogen) atoms. The number of carbonyl (C=O) groups is 1. The number of hydrogen-bond donors (Lipinski definition) is 0. The molecule has 1 saturated heterocycles. The van der Waals surface area contributed by atoms with Crippen molar-refractivity contribution < 1.29 is 4.79 Å². The van der Waals surface area contributed by atoms with Crippen LogP contribution in [0.25, 0.3) is 0 Å². The summed E-state index contributed by atoms with van der Waals surface area (Å²) >= 11 is 1.53. The van der Waals surface area contributed by atoms with Gasteiger partial charge < -0.3 is 9.47 Å². The maximum absolute atomic E-state index is 12.5. The summed E-state index contributed by atoms with van der Waals surface area (Å²) < 4.78 is 2.22. The fourth-order valence-electron chi connectivity index (χ4n) is 3.45. The average Bonchev–Trinajstić information content (AvgIpc) is 3.18. The molecule has 0 aromatic carbocycles. The molecule has 0 bridgehead atoms. The van der Waals surface area contributed by atoms with Crippen LogP contribution in [-0.4, -0.2) is 38.4 Å². The SMILES string of the molecule is Cc1nc(C(=O)N2CCC3(CCn4ccnc43)C2)cs1. The minimum atomic E-state index is 0.0660. The lowest BCUT2D eigenvalue weighted by Gasteiger charge is -2.22. The standard InChI is InChI=1S/C14H16N4OS/c1-10-16-11(8-20-10)12(19)18-6-3-14(9-18)2-5-17-7-4-15-13(14)17/h4,7-8H,2-3,5-6,9H2,1H3. The average molecular weight is 288 g/mol. The Morgan fingerprint density at radius 1 is 1.40 bits per heavy atom. The smallest absolute Gasteiger partial charge is 0.273 e. The van der Waals surface area contributed by atoms with Crippen molar-refractivity contribution in [1.82, 2.24) is 19.4 Å². The van der Waals surface area contributed by atoms with Crippen LogP contribution >= 0.6 is 11.3 Å². The third kappa shape index (κ3) is 1.64. The number of likely N-dealkylation sites (tertiary alicyclic amines) is 1. The second-order valence-electron chi connectivity index (χ2n) is 5.70. The van der Waals surface area contributed by atoms with Crippen LogP contribution < -0.4 is 0 Å². The van der Waals surface area contributed by atoms with Gasteiger partial charge in [0.25, 0.3) is 5.91 Å². The second kappa shape index (κ2) is 4.15. The van der Waals surface area contributed by atoms with E-state index in [0.717, 1.165) is 43.3 Å². The number of carbonyl (C=O) groups excluding carboxylic acids is 1. The molecule has 2 aromatic heterocycles. The Morgan fingerprint density at radius 2 is 2.25 bits per heavy atom. The van der Waals surface area contributed by atoms with E-state index in [1.54, 1.807) is 0 Å². The van der Waals surface area contributed by atoms with Crippen LogP contribution in [-0.2, 0) is 12.0 Å². The molecule has 0 N–H and O–H groups in total. The van der Waals surface area contributed by atoms with Crippen molar-refractivity contribution in [3.63, 3.8) is 0 Å². The fourth-order valence-corrected chi connectivity index (χ4v) is 4.04. The first-order valence-corrected chi connectivity index (χ1v) is 7.79. The third-order valence-electron chi connectivity index (χ3n) is 4.50. The van der Waals surface area contributed by atoms with Crippen LogP contribution in [0.1, 0.15) is 34.2 Å². The van der Waals surface area contributed by atoms with Crippen molar-refractivity contribution >= 4 is 17.2 Å². The zero-order chi connectivity index (χ0) is 13.7. The molecule has 0 saturated carbocycles. The number of imidazole rings is 1. The summed E-state index contributed by atoms with van der Waals surface area (Å²) in [5.41, 5.74) is 0.662. The molecule has 4 heterocycles. The molecule has 1 fully saturated rings. The summed E-state index contributed by atoms with van der Waals surface area (Å²) in [5, 5.41) is 2.80. The molecule has 5 nitrogen and oxygen atoms in total. The topological polar surface area (TPSA) is 51.0 Å². The molecule has 1 spiro atoms. The van der Waals surface area contributed by atoms with Crippen LogP contribution in [0.4, 0.5) is 0 Å². The zero-order valence-electron chi connectivity index (χ0n) is 11.4. The number of thiazole rings is 1. The van der Waals surface area contributed by atoms with Gasteiger partial charge in [0.2, 0.25) is 0 Å². The van der Waals surface area contributed by atoms with Gasteiger partial charge in [-0.1, -0.05) is 0 Å². The number of aryl methyl sites for hydroxylation is 2. The van der Waals surface area contributed by atoms with E-state index in [2.05, 4.69) is 14.5 Å². The highest BCUT2D eigenvalue weighted by Crippen LogP contribution is 2.41. The predicted octanol–water partition coefficient (Wildman–Crippen LogP) is 1.84. The highest BCUT2D eigenvalue weighted by Gasteiger charge is 2.47. The minimum Gasteiger partial charge on any atom is -0.336 e. The number of nitrogens with zero attached hydrogens (tertiary/aromatic N) is 4. The lowest BCUT2D eigenvalue weighted by molar-refractivity contribution is 0.0778. The van der Waals surface area contributed by atoms with E-state index < -0.39 is 0 Å². The predicted molar refractivity (Wildman–Crippen MR) is 75.9 cm³/mol. The normalized spacial score (nSPS) is 24.6. The molecular formula is C14H16N4OS. The van der Waals surface area contributed by atoms with E-state index in [0.29, 0.717) is 5.69 Å². The molecule has 104 valence electrons. The molecule has 0 aliphatic carbocycles. The Labute approximate surface area is 121 Å². The molecule has 1 atom stereocenters. The summed E-state index contributed by atoms with van der Waals surface area (Å²) in [6, 6.07) is 0. The van der Waals surface area contributed by atoms with Gasteiger partial charge in [-0.25, -0.2) is 9.97 Å². The Bertz CT molecular complexity index is 676. The molecular weight excluding hydrogens is 272 g/mol. The number of fused-ring (bicyclic) bond motifs is 2. The summed E-state index contributed by atoms with van der Waals surface area (Å²) in [7, 11) is 0. The van der Waals surface area contributed by atoms with Gasteiger partial charge in [-0.2, -0.15) is 0 Å². The highest BCUT2D eigenvalue weighted by molar-refractivity contribution is 7.09. The van der Waals surface area contributed by atoms with Crippen LogP contribution in [0.5, 0.6) is 0 Å². The van der Waals surface area contributed by atoms with Gasteiger partial charge in [0, 0.05) is 42.8 Å². The Hall–Kier alpha value is -1.69. The number of hydrogen-bond acceptors (Lipinski definition) is 4. The first-order chi connectivity index (χ1) is 9.68. The van der Waals surface area contributed by atoms with Crippen molar-refractivity contribution in [2.24, 2.45) is 0 Å². The fraction of sp³-hybridized carbons (Fsp3) is 0.500. The molecule has 0 radical (unpaired) electrons. The van der Waals surface area contributed by atoms with Gasteiger partial charge in [0.05, 0.1) is 5.01 Å². The Balaban J connectivity index is 1.58. The zero-order valence-corrected chi connectivity index (χ0v) is 12.2. The number of rotatable bonds is 1. The lowest BCUT2D eigenvalue weighted by Crippen LogP contribution is -2.33. The summed E-state index contributed by atoms with van der Waals surface area (Å²) in [4.78, 5) is 23.3. The van der Waals surface area contributed by atoms with Gasteiger partial charge in [0.15, 0.2) is 0 Å². The van der Waals surface area contributed by atoms with E-state index in [1.165, 1.54) is 11.3 Å². The lowest BCUT2D eigenvalue weighted by atomic mass is 9.85. The van der Waals surface area contributed by atoms with Gasteiger partial charge >= 0.3 is 0 Å². The van der Waals surface area contributed by atoms with E-state index in [9.17, 15) is 4.79 Å². The largest absolute Gasteiger partial charge is 0.336 e. The van der Waals surface area contributed by atoms with Crippen molar-refractivity contribution in [1.29, 1.82) is 0 Å². The van der Waals surface area contributed by atoms with E-state index in [-0.39, 0.29) is 11.3 Å². The van der Waals surface area contributed by atoms with Crippen molar-refractivity contribution in [2.45, 2.75) is 31.7 Å². The van der Waals surface area contributed by atoms with Crippen LogP contribution in [0.2, 0.25) is 0 Å². The third-order valence-corrected chi connectivity index (χ3v) is 5.27. The van der Waals surface area contributed by atoms with Crippen molar-refractivity contribution in [3.8, 4) is 0 Å². The first kappa shape index (κ1) is 12.1. The quantitative estimate of drug-likeness (QED) is 0.804. The van der Waals surface area contributed by atoms with Gasteiger partial charge in [-0.3, -0.25) is 4.79 Å². The first-order valence-electron chi connectivity index (χ1n) is 6.91. The molecule has 6 heteroatoms. The Morgan fingerprint density at radius 3 is 3.05 bits per heavy atom. The summed E-state index contributed by atoms with van der Waals surface area (Å²) in [6.07, 6.45) is 6.01. The molecule has 2 aliphatic rings. The Kier molecular flexibility index (Phi) is 2.51. The molecule has 1 amide bonds. The van der Waals surface area contributed by atoms with Gasteiger partial charge in [-0.15, -0.1) is 11.3 Å². The summed E-state index contributed by atoms with van der Waals surface area (Å²) in [5.74, 6) is 1.22. The maximum Gasteiger partial charge on any atom is 0.273 e. The summed E-state index contributed by atoms with van der Waals surface area (Å²) in [6.45, 7) is 4.54. The van der Waals surface area contributed by atoms with Gasteiger partial charge in [-0.05, 0) is 19.8 Å². The molecule has 1 unspecified atom stereocenters. The van der Waals surface area contributed by atoms with Crippen molar-refractivity contribution in [3.05, 3.63) is 34.3 Å². The van der Waals surface area contributed by atoms with E-state index >= 15 is 0 Å². The van der Waals surface area contributed by atoms with Crippen LogP contribution in [0, 0.1) is 6.92 Å².